The number of ether oxygens (including phenoxy) is 2. The average Bonchev–Trinajstić information content (AvgIpc) is 3.75. The minimum absolute atomic E-state index is 0.126. The molecule has 2 saturated carbocycles. The summed E-state index contributed by atoms with van der Waals surface area (Å²) in [5, 5.41) is 24.2. The van der Waals surface area contributed by atoms with Gasteiger partial charge in [0.05, 0.1) is 36.2 Å². The van der Waals surface area contributed by atoms with Crippen molar-refractivity contribution in [2.24, 2.45) is 29.6 Å². The minimum atomic E-state index is -0.983. The number of aromatic nitrogens is 4. The zero-order chi connectivity index (χ0) is 32.0. The van der Waals surface area contributed by atoms with Gasteiger partial charge in [0.15, 0.2) is 5.78 Å². The maximum absolute atomic E-state index is 13.0. The summed E-state index contributed by atoms with van der Waals surface area (Å²) in [5.74, 6) is 5.38. The zero-order valence-electron chi connectivity index (χ0n) is 26.6. The lowest BCUT2D eigenvalue weighted by molar-refractivity contribution is 0.0283. The van der Waals surface area contributed by atoms with Crippen LogP contribution in [0.3, 0.4) is 0 Å². The summed E-state index contributed by atoms with van der Waals surface area (Å²) in [6.07, 6.45) is 12.2. The topological polar surface area (TPSA) is 126 Å². The van der Waals surface area contributed by atoms with Crippen LogP contribution in [0.25, 0.3) is 16.6 Å². The van der Waals surface area contributed by atoms with E-state index in [2.05, 4.69) is 33.2 Å². The molecule has 5 heterocycles. The summed E-state index contributed by atoms with van der Waals surface area (Å²) in [5.41, 5.74) is 2.55. The predicted octanol–water partition coefficient (Wildman–Crippen LogP) is 5.58. The maximum atomic E-state index is 13.0. The van der Waals surface area contributed by atoms with Crippen molar-refractivity contribution < 1.29 is 19.4 Å². The summed E-state index contributed by atoms with van der Waals surface area (Å²) in [7, 11) is 1.58. The molecular weight excluding hydrogens is 580 g/mol. The molecule has 238 valence electrons. The van der Waals surface area contributed by atoms with Crippen LogP contribution in [0.15, 0.2) is 55.1 Å². The maximum Gasteiger partial charge on any atom is 0.212 e. The fraction of sp³-hybridized carbons (Fsp3) is 0.472. The van der Waals surface area contributed by atoms with Crippen LogP contribution in [0.4, 0.5) is 5.82 Å². The number of fused-ring (bicyclic) bond motifs is 2. The molecule has 1 N–H and O–H groups in total. The van der Waals surface area contributed by atoms with Crippen molar-refractivity contribution in [3.05, 3.63) is 66.2 Å². The molecule has 0 amide bonds. The Bertz CT molecular complexity index is 1760. The molecule has 4 aromatic rings. The highest BCUT2D eigenvalue weighted by Crippen LogP contribution is 2.53. The quantitative estimate of drug-likeness (QED) is 0.226. The molecule has 2 unspecified atom stereocenters. The van der Waals surface area contributed by atoms with Crippen molar-refractivity contribution in [2.75, 3.05) is 31.7 Å². The Hall–Kier alpha value is -4.49. The van der Waals surface area contributed by atoms with Gasteiger partial charge in [-0.1, -0.05) is 0 Å². The summed E-state index contributed by atoms with van der Waals surface area (Å²) in [6.45, 7) is 5.53. The molecule has 10 heteroatoms. The van der Waals surface area contributed by atoms with Crippen molar-refractivity contribution in [1.82, 2.24) is 19.6 Å². The zero-order valence-corrected chi connectivity index (χ0v) is 26.6. The molecular formula is C36H40N6O4. The Morgan fingerprint density at radius 1 is 1.07 bits per heavy atom. The van der Waals surface area contributed by atoms with Gasteiger partial charge in [-0.25, -0.2) is 14.5 Å². The number of rotatable bonds is 10. The predicted molar refractivity (Wildman–Crippen MR) is 173 cm³/mol. The molecule has 4 aromatic heterocycles. The van der Waals surface area contributed by atoms with Crippen LogP contribution in [-0.4, -0.2) is 62.9 Å². The van der Waals surface area contributed by atoms with Gasteiger partial charge in [-0.2, -0.15) is 10.4 Å². The van der Waals surface area contributed by atoms with Crippen molar-refractivity contribution in [2.45, 2.75) is 51.6 Å². The van der Waals surface area contributed by atoms with E-state index in [1.54, 1.807) is 50.1 Å². The van der Waals surface area contributed by atoms with Gasteiger partial charge in [-0.3, -0.25) is 4.79 Å². The fourth-order valence-corrected chi connectivity index (χ4v) is 7.84. The Morgan fingerprint density at radius 2 is 1.87 bits per heavy atom. The van der Waals surface area contributed by atoms with Crippen LogP contribution in [0, 0.1) is 40.9 Å². The van der Waals surface area contributed by atoms with Crippen LogP contribution in [0.5, 0.6) is 11.6 Å². The van der Waals surface area contributed by atoms with Gasteiger partial charge in [0.1, 0.15) is 24.2 Å². The largest absolute Gasteiger partial charge is 0.489 e. The number of anilines is 1. The molecule has 0 radical (unpaired) electrons. The van der Waals surface area contributed by atoms with Gasteiger partial charge in [-0.15, -0.1) is 0 Å². The molecule has 0 aromatic carbocycles. The number of carbonyl (C=O) groups excluding carboxylic acids is 1. The van der Waals surface area contributed by atoms with Gasteiger partial charge in [-0.05, 0) is 93.4 Å². The molecule has 3 fully saturated rings. The van der Waals surface area contributed by atoms with E-state index in [9.17, 15) is 15.2 Å². The first-order valence-corrected chi connectivity index (χ1v) is 16.2. The lowest BCUT2D eigenvalue weighted by Gasteiger charge is -2.41. The van der Waals surface area contributed by atoms with E-state index in [4.69, 9.17) is 14.5 Å². The number of hydrogen-bond acceptors (Lipinski definition) is 9. The summed E-state index contributed by atoms with van der Waals surface area (Å²) < 4.78 is 12.7. The standard InChI is InChI=1S/C36H40N6O4/c1-36(2,44)21-46-29-13-31(35-28(14-37)17-40-42(35)20-29)23-5-8-33(38-15-23)41-18-26-10-25(11-27(26)19-41)30-7-4-22(30)12-32(43)24-6-9-34(45-3)39-16-24/h5-6,8-9,13,15-17,20,22,25-27,30,44H,4,7,10-12,18-19,21H2,1-3H3/t22?,25-,26-,27+,30?. The number of nitriles is 1. The van der Waals surface area contributed by atoms with Gasteiger partial charge < -0.3 is 19.5 Å². The Balaban J connectivity index is 0.993. The van der Waals surface area contributed by atoms with Crippen molar-refractivity contribution in [3.8, 4) is 28.8 Å². The number of Topliss-reactive ketones (excluding diaryl/α,β-unsaturated/α-hetero) is 1. The van der Waals surface area contributed by atoms with Gasteiger partial charge in [0.25, 0.3) is 0 Å². The lowest BCUT2D eigenvalue weighted by atomic mass is 9.64. The fourth-order valence-electron chi connectivity index (χ4n) is 7.84. The lowest BCUT2D eigenvalue weighted by Crippen LogP contribution is -2.34. The second-order valence-electron chi connectivity index (χ2n) is 13.9. The number of nitrogens with zero attached hydrogens (tertiary/aromatic N) is 6. The van der Waals surface area contributed by atoms with E-state index in [0.29, 0.717) is 64.3 Å². The highest BCUT2D eigenvalue weighted by Gasteiger charge is 2.47. The Morgan fingerprint density at radius 3 is 2.48 bits per heavy atom. The Labute approximate surface area is 269 Å². The molecule has 5 atom stereocenters. The minimum Gasteiger partial charge on any atom is -0.489 e. The van der Waals surface area contributed by atoms with Gasteiger partial charge in [0.2, 0.25) is 5.88 Å². The van der Waals surface area contributed by atoms with Crippen LogP contribution >= 0.6 is 0 Å². The van der Waals surface area contributed by atoms with Gasteiger partial charge in [0, 0.05) is 54.7 Å². The summed E-state index contributed by atoms with van der Waals surface area (Å²) in [6, 6.07) is 11.8. The van der Waals surface area contributed by atoms with Crippen LogP contribution < -0.4 is 14.4 Å². The van der Waals surface area contributed by atoms with E-state index < -0.39 is 5.60 Å². The van der Waals surface area contributed by atoms with E-state index in [0.717, 1.165) is 36.5 Å². The smallest absolute Gasteiger partial charge is 0.212 e. The third-order valence-corrected chi connectivity index (χ3v) is 10.3. The third kappa shape index (κ3) is 5.92. The first-order chi connectivity index (χ1) is 22.2. The van der Waals surface area contributed by atoms with Crippen molar-refractivity contribution in [3.63, 3.8) is 0 Å². The molecule has 10 nitrogen and oxygen atoms in total. The number of methoxy groups -OCH3 is 1. The van der Waals surface area contributed by atoms with Gasteiger partial charge >= 0.3 is 0 Å². The highest BCUT2D eigenvalue weighted by atomic mass is 16.5. The van der Waals surface area contributed by atoms with E-state index in [1.807, 2.05) is 18.3 Å². The number of pyridine rings is 3. The SMILES string of the molecule is COc1ccc(C(=O)CC2CCC2[C@@H]2C[C@@H]3CN(c4ccc(-c5cc(OCC(C)(C)O)cn6ncc(C#N)c56)cn4)C[C@@H]3C2)cn1. The first-order valence-electron chi connectivity index (χ1n) is 16.2. The first kappa shape index (κ1) is 30.2. The molecule has 1 saturated heterocycles. The van der Waals surface area contributed by atoms with E-state index in [-0.39, 0.29) is 12.4 Å². The monoisotopic (exact) mass is 620 g/mol. The molecule has 1 aliphatic heterocycles. The van der Waals surface area contributed by atoms with Crippen LogP contribution in [-0.2, 0) is 0 Å². The molecule has 46 heavy (non-hydrogen) atoms. The molecule has 0 bridgehead atoms. The number of hydrogen-bond donors (Lipinski definition) is 1. The summed E-state index contributed by atoms with van der Waals surface area (Å²) in [4.78, 5) is 24.4. The average molecular weight is 621 g/mol. The molecule has 3 aliphatic rings. The molecule has 2 aliphatic carbocycles. The second-order valence-corrected chi connectivity index (χ2v) is 13.9. The number of ketones is 1. The van der Waals surface area contributed by atoms with Crippen molar-refractivity contribution >= 4 is 17.1 Å². The highest BCUT2D eigenvalue weighted by molar-refractivity contribution is 5.96. The third-order valence-electron chi connectivity index (χ3n) is 10.3. The van der Waals surface area contributed by atoms with E-state index in [1.165, 1.54) is 19.3 Å². The Kier molecular flexibility index (Phi) is 7.89. The molecule has 7 rings (SSSR count). The van der Waals surface area contributed by atoms with E-state index >= 15 is 0 Å². The second kappa shape index (κ2) is 12.0. The van der Waals surface area contributed by atoms with Crippen molar-refractivity contribution in [1.29, 1.82) is 5.26 Å². The molecule has 0 spiro atoms. The van der Waals surface area contributed by atoms with Crippen LogP contribution in [0.2, 0.25) is 0 Å². The normalized spacial score (nSPS) is 24.0. The number of aliphatic hydroxyl groups is 1. The van der Waals surface area contributed by atoms with Crippen LogP contribution in [0.1, 0.15) is 61.9 Å². The number of carbonyl (C=O) groups is 1. The summed E-state index contributed by atoms with van der Waals surface area (Å²) >= 11 is 0.